The van der Waals surface area contributed by atoms with E-state index in [2.05, 4.69) is 36.2 Å². The van der Waals surface area contributed by atoms with Crippen molar-refractivity contribution in [2.75, 3.05) is 13.6 Å². The number of thiazole rings is 1. The van der Waals surface area contributed by atoms with Crippen LogP contribution in [0.15, 0.2) is 41.3 Å². The van der Waals surface area contributed by atoms with Gasteiger partial charge in [0.05, 0.1) is 23.5 Å². The predicted molar refractivity (Wildman–Crippen MR) is 128 cm³/mol. The van der Waals surface area contributed by atoms with Crippen LogP contribution in [0.4, 0.5) is 13.2 Å². The summed E-state index contributed by atoms with van der Waals surface area (Å²) in [5.41, 5.74) is -0.313. The quantitative estimate of drug-likeness (QED) is 0.415. The third-order valence-corrected chi connectivity index (χ3v) is 6.92. The Kier molecular flexibility index (Phi) is 7.22. The van der Waals surface area contributed by atoms with Crippen LogP contribution < -0.4 is 5.32 Å². The minimum absolute atomic E-state index is 0.123. The number of nitrogens with one attached hydrogen (secondary N) is 1. The topological polar surface area (TPSA) is 88.1 Å². The number of amides is 2. The molecule has 0 radical (unpaired) electrons. The van der Waals surface area contributed by atoms with E-state index in [-0.39, 0.29) is 15.9 Å². The van der Waals surface area contributed by atoms with Crippen LogP contribution in [0.1, 0.15) is 57.1 Å². The first-order valence-electron chi connectivity index (χ1n) is 10.7. The normalized spacial score (nSPS) is 14.5. The van der Waals surface area contributed by atoms with E-state index in [0.29, 0.717) is 33.7 Å². The fourth-order valence-corrected chi connectivity index (χ4v) is 4.91. The molecule has 1 atom stereocenters. The summed E-state index contributed by atoms with van der Waals surface area (Å²) in [5.74, 6) is -0.259. The van der Waals surface area contributed by atoms with E-state index >= 15 is 0 Å². The number of carbonyl (C=O) groups is 2. The molecule has 1 aromatic carbocycles. The molecule has 0 aliphatic heterocycles. The van der Waals surface area contributed by atoms with Crippen molar-refractivity contribution in [3.8, 4) is 10.7 Å². The van der Waals surface area contributed by atoms with Gasteiger partial charge in [-0.15, -0.1) is 11.3 Å². The Morgan fingerprint density at radius 1 is 1.20 bits per heavy atom. The van der Waals surface area contributed by atoms with Crippen LogP contribution in [0.5, 0.6) is 0 Å². The van der Waals surface area contributed by atoms with Gasteiger partial charge in [0.1, 0.15) is 15.6 Å². The molecule has 0 saturated heterocycles. The molecular formula is C23H21BrF3N5O2S. The van der Waals surface area contributed by atoms with Crippen LogP contribution in [0.3, 0.4) is 0 Å². The number of alkyl halides is 3. The molecule has 1 aliphatic carbocycles. The summed E-state index contributed by atoms with van der Waals surface area (Å²) in [4.78, 5) is 40.6. The largest absolute Gasteiger partial charge is 0.416 e. The molecule has 2 aromatic heterocycles. The van der Waals surface area contributed by atoms with Gasteiger partial charge in [-0.3, -0.25) is 19.6 Å². The van der Waals surface area contributed by atoms with E-state index in [1.165, 1.54) is 36.0 Å². The van der Waals surface area contributed by atoms with E-state index in [1.807, 2.05) is 0 Å². The maximum absolute atomic E-state index is 13.1. The zero-order valence-corrected chi connectivity index (χ0v) is 21.2. The standard InChI is InChI=1S/C23H21BrF3N5O2S/c1-12(31-20(33)14-7-15(23(25,26)27)9-16(24)8-14)18-19(29-6-5-28-18)21-30-10-17(35-21)22(34)32(2)11-13-3-4-13/h5-10,12-13H,3-4,11H2,1-2H3,(H,31,33). The first-order chi connectivity index (χ1) is 16.5. The average molecular weight is 568 g/mol. The van der Waals surface area contributed by atoms with Gasteiger partial charge < -0.3 is 10.2 Å². The van der Waals surface area contributed by atoms with Gasteiger partial charge in [0.2, 0.25) is 0 Å². The highest BCUT2D eigenvalue weighted by atomic mass is 79.9. The van der Waals surface area contributed by atoms with Gasteiger partial charge in [0.15, 0.2) is 0 Å². The second-order valence-corrected chi connectivity index (χ2v) is 10.3. The van der Waals surface area contributed by atoms with Gasteiger partial charge in [-0.05, 0) is 43.9 Å². The highest BCUT2D eigenvalue weighted by Gasteiger charge is 2.32. The van der Waals surface area contributed by atoms with Crippen molar-refractivity contribution in [1.82, 2.24) is 25.2 Å². The van der Waals surface area contributed by atoms with Gasteiger partial charge in [-0.1, -0.05) is 15.9 Å². The Labute approximate surface area is 211 Å². The summed E-state index contributed by atoms with van der Waals surface area (Å²) >= 11 is 4.20. The minimum Gasteiger partial charge on any atom is -0.344 e. The number of carbonyl (C=O) groups excluding carboxylic acids is 2. The second-order valence-electron chi connectivity index (χ2n) is 8.37. The van der Waals surface area contributed by atoms with Gasteiger partial charge in [0.25, 0.3) is 11.8 Å². The summed E-state index contributed by atoms with van der Waals surface area (Å²) in [6.45, 7) is 2.36. The number of rotatable bonds is 7. The van der Waals surface area contributed by atoms with Crippen LogP contribution in [-0.2, 0) is 6.18 Å². The average Bonchev–Trinajstić information content (AvgIpc) is 3.49. The van der Waals surface area contributed by atoms with Crippen molar-refractivity contribution in [3.63, 3.8) is 0 Å². The van der Waals surface area contributed by atoms with Crippen molar-refractivity contribution in [1.29, 1.82) is 0 Å². The molecule has 0 spiro atoms. The van der Waals surface area contributed by atoms with Crippen LogP contribution in [0, 0.1) is 5.92 Å². The van der Waals surface area contributed by atoms with E-state index in [0.717, 1.165) is 25.0 Å². The summed E-state index contributed by atoms with van der Waals surface area (Å²) in [7, 11) is 1.76. The second kappa shape index (κ2) is 10.0. The van der Waals surface area contributed by atoms with E-state index in [1.54, 1.807) is 18.9 Å². The van der Waals surface area contributed by atoms with Crippen LogP contribution in [0.2, 0.25) is 0 Å². The fraction of sp³-hybridized carbons (Fsp3) is 0.348. The molecule has 0 bridgehead atoms. The lowest BCUT2D eigenvalue weighted by Crippen LogP contribution is -2.28. The SMILES string of the molecule is CC(NC(=O)c1cc(Br)cc(C(F)(F)F)c1)c1nccnc1-c1ncc(C(=O)N(C)CC2CC2)s1. The van der Waals surface area contributed by atoms with Gasteiger partial charge in [0, 0.05) is 36.0 Å². The Morgan fingerprint density at radius 3 is 2.60 bits per heavy atom. The highest BCUT2D eigenvalue weighted by molar-refractivity contribution is 9.10. The Hall–Kier alpha value is -2.86. The third-order valence-electron chi connectivity index (χ3n) is 5.47. The van der Waals surface area contributed by atoms with Crippen molar-refractivity contribution in [2.24, 2.45) is 5.92 Å². The van der Waals surface area contributed by atoms with Crippen molar-refractivity contribution in [3.05, 3.63) is 63.0 Å². The third kappa shape index (κ3) is 6.04. The molecule has 1 saturated carbocycles. The van der Waals surface area contributed by atoms with Gasteiger partial charge >= 0.3 is 6.18 Å². The summed E-state index contributed by atoms with van der Waals surface area (Å²) in [6, 6.07) is 2.32. The number of hydrogen-bond acceptors (Lipinski definition) is 6. The smallest absolute Gasteiger partial charge is 0.344 e. The number of benzene rings is 1. The van der Waals surface area contributed by atoms with E-state index in [4.69, 9.17) is 0 Å². The molecule has 2 heterocycles. The Morgan fingerprint density at radius 2 is 1.91 bits per heavy atom. The van der Waals surface area contributed by atoms with E-state index < -0.39 is 23.7 Å². The number of nitrogens with zero attached hydrogens (tertiary/aromatic N) is 4. The van der Waals surface area contributed by atoms with Crippen LogP contribution in [0.25, 0.3) is 10.7 Å². The molecule has 7 nitrogen and oxygen atoms in total. The van der Waals surface area contributed by atoms with E-state index in [9.17, 15) is 22.8 Å². The zero-order valence-electron chi connectivity index (χ0n) is 18.8. The first-order valence-corrected chi connectivity index (χ1v) is 12.3. The summed E-state index contributed by atoms with van der Waals surface area (Å²) in [6.07, 6.45) is 2.10. The van der Waals surface area contributed by atoms with Crippen LogP contribution >= 0.6 is 27.3 Å². The zero-order chi connectivity index (χ0) is 25.3. The highest BCUT2D eigenvalue weighted by Crippen LogP contribution is 2.33. The minimum atomic E-state index is -4.59. The number of aromatic nitrogens is 3. The lowest BCUT2D eigenvalue weighted by molar-refractivity contribution is -0.137. The molecule has 1 N–H and O–H groups in total. The Balaban J connectivity index is 1.54. The maximum Gasteiger partial charge on any atom is 0.416 e. The van der Waals surface area contributed by atoms with Crippen molar-refractivity contribution < 1.29 is 22.8 Å². The molecule has 3 aromatic rings. The molecule has 4 rings (SSSR count). The molecule has 12 heteroatoms. The summed E-state index contributed by atoms with van der Waals surface area (Å²) < 4.78 is 39.6. The molecular weight excluding hydrogens is 547 g/mol. The molecule has 1 aliphatic rings. The molecule has 184 valence electrons. The molecule has 35 heavy (non-hydrogen) atoms. The lowest BCUT2D eigenvalue weighted by Gasteiger charge is -2.16. The molecule has 2 amide bonds. The maximum atomic E-state index is 13.1. The summed E-state index contributed by atoms with van der Waals surface area (Å²) in [5, 5.41) is 3.13. The van der Waals surface area contributed by atoms with Crippen molar-refractivity contribution in [2.45, 2.75) is 32.0 Å². The number of hydrogen-bond donors (Lipinski definition) is 1. The number of halogens is 4. The van der Waals surface area contributed by atoms with Gasteiger partial charge in [-0.2, -0.15) is 13.2 Å². The molecule has 1 fully saturated rings. The monoisotopic (exact) mass is 567 g/mol. The Bertz CT molecular complexity index is 1260. The molecule has 1 unspecified atom stereocenters. The fourth-order valence-electron chi connectivity index (χ4n) is 3.50. The van der Waals surface area contributed by atoms with Crippen LogP contribution in [-0.4, -0.2) is 45.3 Å². The predicted octanol–water partition coefficient (Wildman–Crippen LogP) is 5.35. The lowest BCUT2D eigenvalue weighted by atomic mass is 10.1. The van der Waals surface area contributed by atoms with Gasteiger partial charge in [-0.25, -0.2) is 4.98 Å². The first kappa shape index (κ1) is 25.2. The van der Waals surface area contributed by atoms with Crippen molar-refractivity contribution >= 4 is 39.1 Å².